The summed E-state index contributed by atoms with van der Waals surface area (Å²) in [5.41, 5.74) is 0. The Morgan fingerprint density at radius 2 is 0.966 bits per heavy atom. The first kappa shape index (κ1) is 55.1. The van der Waals surface area contributed by atoms with Gasteiger partial charge in [-0.05, 0) is 76.3 Å². The first-order chi connectivity index (χ1) is 28.9. The summed E-state index contributed by atoms with van der Waals surface area (Å²) < 4.78 is 13.5. The minimum absolute atomic E-state index is 0.0360. The topological polar surface area (TPSA) is 93.9 Å². The van der Waals surface area contributed by atoms with Crippen LogP contribution in [-0.2, 0) is 25.6 Å². The van der Waals surface area contributed by atoms with Gasteiger partial charge in [-0.3, -0.25) is 9.59 Å². The lowest BCUT2D eigenvalue weighted by Crippen LogP contribution is -2.34. The zero-order valence-electron chi connectivity index (χ0n) is 39.5. The zero-order valence-corrected chi connectivity index (χ0v) is 39.5. The third kappa shape index (κ3) is 35.4. The summed E-state index contributed by atoms with van der Waals surface area (Å²) in [6.07, 6.45) is 42.7. The summed E-state index contributed by atoms with van der Waals surface area (Å²) in [5.74, 6) is 1.24. The summed E-state index contributed by atoms with van der Waals surface area (Å²) >= 11 is 0. The van der Waals surface area contributed by atoms with Crippen LogP contribution in [0.1, 0.15) is 240 Å². The summed E-state index contributed by atoms with van der Waals surface area (Å²) in [6, 6.07) is 0. The molecule has 0 aliphatic heterocycles. The molecule has 0 amide bonds. The molecule has 346 valence electrons. The van der Waals surface area contributed by atoms with Crippen molar-refractivity contribution in [2.45, 2.75) is 252 Å². The van der Waals surface area contributed by atoms with Gasteiger partial charge in [0.25, 0.3) is 0 Å². The lowest BCUT2D eigenvalue weighted by Gasteiger charge is -2.25. The zero-order chi connectivity index (χ0) is 42.9. The molecule has 59 heavy (non-hydrogen) atoms. The first-order valence-corrected chi connectivity index (χ1v) is 25.6. The molecule has 0 radical (unpaired) electrons. The molecule has 0 aliphatic carbocycles. The summed E-state index contributed by atoms with van der Waals surface area (Å²) in [7, 11) is 0. The average Bonchev–Trinajstić information content (AvgIpc) is 3.75. The lowest BCUT2D eigenvalue weighted by molar-refractivity contribution is -0.145. The van der Waals surface area contributed by atoms with Gasteiger partial charge in [-0.15, -0.1) is 0 Å². The predicted molar refractivity (Wildman–Crippen MR) is 249 cm³/mol. The Labute approximate surface area is 365 Å². The van der Waals surface area contributed by atoms with Crippen LogP contribution in [0.15, 0.2) is 18.7 Å². The third-order valence-electron chi connectivity index (χ3n) is 12.4. The normalized spacial score (nSPS) is 13.2. The number of aromatic nitrogens is 2. The van der Waals surface area contributed by atoms with E-state index in [1.54, 1.807) is 0 Å². The lowest BCUT2D eigenvalue weighted by atomic mass is 9.92. The average molecular weight is 832 g/mol. The van der Waals surface area contributed by atoms with E-state index in [9.17, 15) is 14.7 Å². The van der Waals surface area contributed by atoms with Crippen LogP contribution in [0.3, 0.4) is 0 Å². The van der Waals surface area contributed by atoms with Gasteiger partial charge in [-0.25, -0.2) is 4.98 Å². The Hall–Kier alpha value is -1.93. The van der Waals surface area contributed by atoms with Crippen molar-refractivity contribution in [3.63, 3.8) is 0 Å². The Kier molecular flexibility index (Phi) is 38.7. The highest BCUT2D eigenvalue weighted by molar-refractivity contribution is 5.69. The number of carbonyl (C=O) groups excluding carboxylic acids is 2. The summed E-state index contributed by atoms with van der Waals surface area (Å²) in [4.78, 5) is 31.7. The fourth-order valence-electron chi connectivity index (χ4n) is 8.47. The molecule has 0 saturated heterocycles. The molecular formula is C51H97N3O5. The van der Waals surface area contributed by atoms with E-state index in [1.807, 2.05) is 18.7 Å². The van der Waals surface area contributed by atoms with Gasteiger partial charge in [-0.2, -0.15) is 0 Å². The van der Waals surface area contributed by atoms with E-state index in [4.69, 9.17) is 9.47 Å². The van der Waals surface area contributed by atoms with Crippen molar-refractivity contribution >= 4 is 11.9 Å². The Morgan fingerprint density at radius 1 is 0.542 bits per heavy atom. The molecule has 1 N–H and O–H groups in total. The minimum atomic E-state index is -0.400. The van der Waals surface area contributed by atoms with Crippen LogP contribution in [-0.4, -0.2) is 70.4 Å². The number of nitrogens with zero attached hydrogens (tertiary/aromatic N) is 3. The minimum Gasteiger partial charge on any atom is -0.466 e. The maximum atomic E-state index is 12.5. The quantitative estimate of drug-likeness (QED) is 0.0517. The number of hydrogen-bond donors (Lipinski definition) is 1. The Morgan fingerprint density at radius 3 is 1.47 bits per heavy atom. The molecule has 8 heteroatoms. The van der Waals surface area contributed by atoms with Gasteiger partial charge in [0.2, 0.25) is 0 Å². The van der Waals surface area contributed by atoms with Crippen molar-refractivity contribution in [2.24, 2.45) is 11.8 Å². The van der Waals surface area contributed by atoms with E-state index >= 15 is 0 Å². The third-order valence-corrected chi connectivity index (χ3v) is 12.4. The van der Waals surface area contributed by atoms with Crippen LogP contribution in [0, 0.1) is 11.8 Å². The van der Waals surface area contributed by atoms with E-state index in [0.29, 0.717) is 50.9 Å². The molecule has 1 rings (SSSR count). The van der Waals surface area contributed by atoms with E-state index in [2.05, 4.69) is 42.1 Å². The summed E-state index contributed by atoms with van der Waals surface area (Å²) in [5, 5.41) is 11.0. The van der Waals surface area contributed by atoms with Crippen molar-refractivity contribution in [1.82, 2.24) is 14.5 Å². The molecule has 3 atom stereocenters. The van der Waals surface area contributed by atoms with Gasteiger partial charge in [0, 0.05) is 38.3 Å². The predicted octanol–water partition coefficient (Wildman–Crippen LogP) is 13.8. The van der Waals surface area contributed by atoms with Gasteiger partial charge in [0.15, 0.2) is 0 Å². The molecule has 0 spiro atoms. The number of carbonyl (C=O) groups is 2. The van der Waals surface area contributed by atoms with Gasteiger partial charge in [-0.1, -0.05) is 175 Å². The molecule has 0 aromatic carbocycles. The molecule has 0 fully saturated rings. The van der Waals surface area contributed by atoms with Crippen LogP contribution in [0.2, 0.25) is 0 Å². The van der Waals surface area contributed by atoms with E-state index < -0.39 is 6.10 Å². The van der Waals surface area contributed by atoms with E-state index in [-0.39, 0.29) is 11.9 Å². The Bertz CT molecular complexity index is 1040. The number of imidazole rings is 1. The maximum Gasteiger partial charge on any atom is 0.305 e. The highest BCUT2D eigenvalue weighted by Gasteiger charge is 2.15. The smallest absolute Gasteiger partial charge is 0.305 e. The van der Waals surface area contributed by atoms with Crippen molar-refractivity contribution in [3.05, 3.63) is 18.7 Å². The molecule has 0 aliphatic rings. The Balaban J connectivity index is 2.36. The number of rotatable bonds is 45. The van der Waals surface area contributed by atoms with Gasteiger partial charge in [0.1, 0.15) is 0 Å². The molecule has 1 heterocycles. The van der Waals surface area contributed by atoms with Crippen LogP contribution < -0.4 is 0 Å². The number of aliphatic hydroxyl groups is 1. The van der Waals surface area contributed by atoms with E-state index in [0.717, 1.165) is 83.8 Å². The maximum absolute atomic E-state index is 12.5. The number of ether oxygens (including phenoxy) is 2. The van der Waals surface area contributed by atoms with E-state index in [1.165, 1.54) is 128 Å². The second-order valence-electron chi connectivity index (χ2n) is 18.0. The van der Waals surface area contributed by atoms with Crippen LogP contribution in [0.5, 0.6) is 0 Å². The number of esters is 2. The number of aliphatic hydroxyl groups excluding tert-OH is 1. The summed E-state index contributed by atoms with van der Waals surface area (Å²) in [6.45, 7) is 13.7. The van der Waals surface area contributed by atoms with Crippen LogP contribution >= 0.6 is 0 Å². The van der Waals surface area contributed by atoms with Crippen LogP contribution in [0.4, 0.5) is 0 Å². The first-order valence-electron chi connectivity index (χ1n) is 25.6. The second-order valence-corrected chi connectivity index (χ2v) is 18.0. The van der Waals surface area contributed by atoms with Crippen molar-refractivity contribution in [2.75, 3.05) is 32.8 Å². The number of hydrogen-bond acceptors (Lipinski definition) is 7. The second kappa shape index (κ2) is 41.4. The fourth-order valence-corrected chi connectivity index (χ4v) is 8.47. The van der Waals surface area contributed by atoms with Gasteiger partial charge < -0.3 is 24.0 Å². The molecule has 3 unspecified atom stereocenters. The molecule has 0 bridgehead atoms. The molecule has 1 aromatic rings. The SMILES string of the molecule is CCCCCCCC(CCCCC)CCOC(=O)CCCCCCN(CCCCn1ccnc1)CC(O)CCCCC(=O)OCCC(CCCCC)CCCCCCC. The largest absolute Gasteiger partial charge is 0.466 e. The molecule has 8 nitrogen and oxygen atoms in total. The molecule has 0 saturated carbocycles. The van der Waals surface area contributed by atoms with Crippen LogP contribution in [0.25, 0.3) is 0 Å². The van der Waals surface area contributed by atoms with Gasteiger partial charge in [0.05, 0.1) is 25.6 Å². The van der Waals surface area contributed by atoms with Gasteiger partial charge >= 0.3 is 11.9 Å². The molecular weight excluding hydrogens is 735 g/mol. The monoisotopic (exact) mass is 832 g/mol. The molecule has 1 aromatic heterocycles. The van der Waals surface area contributed by atoms with Crippen molar-refractivity contribution < 1.29 is 24.2 Å². The highest BCUT2D eigenvalue weighted by Crippen LogP contribution is 2.23. The number of unbranched alkanes of at least 4 members (excludes halogenated alkanes) is 17. The fraction of sp³-hybridized carbons (Fsp3) is 0.902. The van der Waals surface area contributed by atoms with Crippen molar-refractivity contribution in [3.8, 4) is 0 Å². The standard InChI is InChI=1S/C51H97N3O5/c1-5-9-13-15-21-31-47(29-19-11-7-3)36-43-58-50(56)34-23-17-18-26-39-53(40-27-28-41-54-42-38-52-46-54)45-49(55)33-24-25-35-51(57)59-44-37-48(30-20-12-8-4)32-22-16-14-10-6-2/h38,42,46-49,55H,5-37,39-41,43-45H2,1-4H3. The highest BCUT2D eigenvalue weighted by atomic mass is 16.5. The van der Waals surface area contributed by atoms with Crippen molar-refractivity contribution in [1.29, 1.82) is 0 Å². The number of aryl methyl sites for hydroxylation is 1.